The van der Waals surface area contributed by atoms with Crippen LogP contribution in [0.15, 0.2) is 75.9 Å². The number of thioether (sulfide) groups is 2. The monoisotopic (exact) mass is 462 g/mol. The summed E-state index contributed by atoms with van der Waals surface area (Å²) in [6.45, 7) is 4.30. The van der Waals surface area contributed by atoms with Gasteiger partial charge < -0.3 is 5.32 Å². The fourth-order valence-corrected chi connectivity index (χ4v) is 5.66. The molecule has 0 saturated heterocycles. The van der Waals surface area contributed by atoms with Crippen LogP contribution in [0.1, 0.15) is 43.9 Å². The Morgan fingerprint density at radius 3 is 2.56 bits per heavy atom. The van der Waals surface area contributed by atoms with Crippen molar-refractivity contribution >= 4 is 35.3 Å². The summed E-state index contributed by atoms with van der Waals surface area (Å²) in [5.74, 6) is 1.71. The second-order valence-electron chi connectivity index (χ2n) is 9.07. The second kappa shape index (κ2) is 8.45. The van der Waals surface area contributed by atoms with Crippen LogP contribution in [0, 0.1) is 5.41 Å². The molecule has 5 rings (SSSR count). The second-order valence-corrected chi connectivity index (χ2v) is 10.9. The molecule has 1 aliphatic heterocycles. The third-order valence-corrected chi connectivity index (χ3v) is 7.61. The minimum atomic E-state index is -0.251. The van der Waals surface area contributed by atoms with Gasteiger partial charge in [-0.05, 0) is 41.4 Å². The van der Waals surface area contributed by atoms with E-state index in [9.17, 15) is 4.79 Å². The van der Waals surface area contributed by atoms with Gasteiger partial charge in [-0.1, -0.05) is 68.1 Å². The van der Waals surface area contributed by atoms with E-state index in [1.165, 1.54) is 10.5 Å². The molecule has 0 radical (unpaired) electrons. The van der Waals surface area contributed by atoms with Gasteiger partial charge in [-0.15, -0.1) is 16.9 Å². The van der Waals surface area contributed by atoms with Gasteiger partial charge in [0.2, 0.25) is 11.1 Å². The number of nitrogens with one attached hydrogen (secondary N) is 1. The number of rotatable bonds is 5. The smallest absolute Gasteiger partial charge is 0.227 e. The molecule has 5 nitrogen and oxygen atoms in total. The SMILES string of the molecule is CSc1ccc(C2C3=C(CC(C)(C)CC3=O)Nc3nc(SCc4ccccc4)nn32)cc1. The van der Waals surface area contributed by atoms with Crippen LogP contribution in [0.3, 0.4) is 0 Å². The van der Waals surface area contributed by atoms with Crippen LogP contribution >= 0.6 is 23.5 Å². The molecule has 2 aromatic carbocycles. The van der Waals surface area contributed by atoms with Crippen molar-refractivity contribution in [2.45, 2.75) is 48.5 Å². The molecule has 0 fully saturated rings. The summed E-state index contributed by atoms with van der Waals surface area (Å²) in [7, 11) is 0. The van der Waals surface area contributed by atoms with E-state index in [1.54, 1.807) is 23.5 Å². The predicted octanol–water partition coefficient (Wildman–Crippen LogP) is 5.95. The highest BCUT2D eigenvalue weighted by molar-refractivity contribution is 7.98. The number of hydrogen-bond donors (Lipinski definition) is 1. The van der Waals surface area contributed by atoms with E-state index < -0.39 is 0 Å². The average molecular weight is 463 g/mol. The summed E-state index contributed by atoms with van der Waals surface area (Å²) < 4.78 is 1.90. The number of carbonyl (C=O) groups excluding carboxylic acids is 1. The molecular weight excluding hydrogens is 436 g/mol. The van der Waals surface area contributed by atoms with Gasteiger partial charge in [0.1, 0.15) is 6.04 Å². The first-order valence-electron chi connectivity index (χ1n) is 10.7. The van der Waals surface area contributed by atoms with Gasteiger partial charge in [-0.3, -0.25) is 4.79 Å². The summed E-state index contributed by atoms with van der Waals surface area (Å²) in [4.78, 5) is 19.3. The van der Waals surface area contributed by atoms with Crippen LogP contribution in [0.25, 0.3) is 0 Å². The zero-order valence-electron chi connectivity index (χ0n) is 18.5. The summed E-state index contributed by atoms with van der Waals surface area (Å²) in [6, 6.07) is 18.5. The number of carbonyl (C=O) groups is 1. The zero-order chi connectivity index (χ0) is 22.3. The summed E-state index contributed by atoms with van der Waals surface area (Å²) >= 11 is 3.33. The third kappa shape index (κ3) is 4.11. The van der Waals surface area contributed by atoms with Gasteiger partial charge in [-0.2, -0.15) is 4.98 Å². The highest BCUT2D eigenvalue weighted by atomic mass is 32.2. The van der Waals surface area contributed by atoms with Crippen molar-refractivity contribution in [3.05, 3.63) is 77.0 Å². The van der Waals surface area contributed by atoms with Gasteiger partial charge in [0, 0.05) is 28.3 Å². The number of anilines is 1. The highest BCUT2D eigenvalue weighted by Crippen LogP contribution is 2.45. The first kappa shape index (κ1) is 21.3. The average Bonchev–Trinajstić information content (AvgIpc) is 3.19. The lowest BCUT2D eigenvalue weighted by Crippen LogP contribution is -2.36. The molecule has 0 saturated carbocycles. The molecule has 1 atom stereocenters. The Kier molecular flexibility index (Phi) is 5.63. The first-order chi connectivity index (χ1) is 15.4. The quantitative estimate of drug-likeness (QED) is 0.473. The van der Waals surface area contributed by atoms with Crippen molar-refractivity contribution in [3.63, 3.8) is 0 Å². The molecule has 1 aromatic heterocycles. The maximum absolute atomic E-state index is 13.3. The standard InChI is InChI=1S/C25H26N4OS2/c1-25(2)13-19-21(20(30)14-25)22(17-9-11-18(31-3)12-10-17)29-23(26-19)27-24(28-29)32-15-16-7-5-4-6-8-16/h4-12,22H,13-15H2,1-3H3,(H,26,27,28). The van der Waals surface area contributed by atoms with Crippen molar-refractivity contribution in [1.29, 1.82) is 0 Å². The molecule has 1 aliphatic carbocycles. The Hall–Kier alpha value is -2.51. The summed E-state index contributed by atoms with van der Waals surface area (Å²) in [6.07, 6.45) is 3.44. The van der Waals surface area contributed by atoms with Crippen molar-refractivity contribution in [2.24, 2.45) is 5.41 Å². The van der Waals surface area contributed by atoms with Crippen LogP contribution in [0.2, 0.25) is 0 Å². The molecule has 0 bridgehead atoms. The number of ketones is 1. The third-order valence-electron chi connectivity index (χ3n) is 5.95. The lowest BCUT2D eigenvalue weighted by molar-refractivity contribution is -0.118. The van der Waals surface area contributed by atoms with Crippen LogP contribution < -0.4 is 5.32 Å². The van der Waals surface area contributed by atoms with Crippen LogP contribution in [-0.4, -0.2) is 26.8 Å². The predicted molar refractivity (Wildman–Crippen MR) is 131 cm³/mol. The lowest BCUT2D eigenvalue weighted by atomic mass is 9.73. The van der Waals surface area contributed by atoms with Gasteiger partial charge in [0.05, 0.1) is 0 Å². The zero-order valence-corrected chi connectivity index (χ0v) is 20.1. The summed E-state index contributed by atoms with van der Waals surface area (Å²) in [5.41, 5.74) is 4.05. The van der Waals surface area contributed by atoms with E-state index in [2.05, 4.69) is 61.8 Å². The van der Waals surface area contributed by atoms with Gasteiger partial charge in [0.15, 0.2) is 5.78 Å². The van der Waals surface area contributed by atoms with Crippen LogP contribution in [0.5, 0.6) is 0 Å². The molecule has 2 heterocycles. The number of aromatic nitrogens is 3. The molecule has 164 valence electrons. The minimum Gasteiger partial charge on any atom is -0.328 e. The number of Topliss-reactive ketones (excluding diaryl/α,β-unsaturated/α-hetero) is 1. The fourth-order valence-electron chi connectivity index (χ4n) is 4.47. The topological polar surface area (TPSA) is 59.8 Å². The molecule has 32 heavy (non-hydrogen) atoms. The van der Waals surface area contributed by atoms with Crippen LogP contribution in [-0.2, 0) is 10.5 Å². The van der Waals surface area contributed by atoms with Crippen molar-refractivity contribution < 1.29 is 4.79 Å². The first-order valence-corrected chi connectivity index (χ1v) is 12.9. The van der Waals surface area contributed by atoms with Gasteiger partial charge in [0.25, 0.3) is 0 Å². The molecule has 0 amide bonds. The molecule has 1 unspecified atom stereocenters. The number of nitrogens with zero attached hydrogens (tertiary/aromatic N) is 3. The Balaban J connectivity index is 1.53. The van der Waals surface area contributed by atoms with E-state index >= 15 is 0 Å². The molecule has 2 aliphatic rings. The van der Waals surface area contributed by atoms with Crippen molar-refractivity contribution in [2.75, 3.05) is 11.6 Å². The highest BCUT2D eigenvalue weighted by Gasteiger charge is 2.41. The normalized spacial score (nSPS) is 19.3. The van der Waals surface area contributed by atoms with E-state index in [4.69, 9.17) is 10.1 Å². The molecule has 0 spiro atoms. The van der Waals surface area contributed by atoms with Crippen LogP contribution in [0.4, 0.5) is 5.95 Å². The fraction of sp³-hybridized carbons (Fsp3) is 0.320. The minimum absolute atomic E-state index is 0.0662. The largest absolute Gasteiger partial charge is 0.328 e. The Morgan fingerprint density at radius 1 is 1.09 bits per heavy atom. The van der Waals surface area contributed by atoms with Crippen molar-refractivity contribution in [1.82, 2.24) is 14.8 Å². The Bertz CT molecular complexity index is 1180. The van der Waals surface area contributed by atoms with E-state index in [1.807, 2.05) is 22.9 Å². The number of allylic oxidation sites excluding steroid dienone is 2. The van der Waals surface area contributed by atoms with E-state index in [-0.39, 0.29) is 17.2 Å². The van der Waals surface area contributed by atoms with Gasteiger partial charge >= 0.3 is 0 Å². The molecule has 1 N–H and O–H groups in total. The molecule has 3 aromatic rings. The Morgan fingerprint density at radius 2 is 1.84 bits per heavy atom. The van der Waals surface area contributed by atoms with E-state index in [0.29, 0.717) is 17.5 Å². The number of benzene rings is 2. The summed E-state index contributed by atoms with van der Waals surface area (Å²) in [5, 5.41) is 9.02. The Labute approximate surface area is 197 Å². The molecule has 7 heteroatoms. The van der Waals surface area contributed by atoms with E-state index in [0.717, 1.165) is 29.0 Å². The number of hydrogen-bond acceptors (Lipinski definition) is 6. The van der Waals surface area contributed by atoms with Gasteiger partial charge in [-0.25, -0.2) is 4.68 Å². The number of fused-ring (bicyclic) bond motifs is 1. The maximum Gasteiger partial charge on any atom is 0.227 e. The molecular formula is C25H26N4OS2. The van der Waals surface area contributed by atoms with Crippen molar-refractivity contribution in [3.8, 4) is 0 Å². The lowest BCUT2D eigenvalue weighted by Gasteiger charge is -2.38. The maximum atomic E-state index is 13.3.